The van der Waals surface area contributed by atoms with E-state index in [2.05, 4.69) is 15.2 Å². The minimum atomic E-state index is -1.03. The van der Waals surface area contributed by atoms with Crippen molar-refractivity contribution in [3.05, 3.63) is 65.7 Å². The van der Waals surface area contributed by atoms with Gasteiger partial charge in [0, 0.05) is 24.3 Å². The van der Waals surface area contributed by atoms with Gasteiger partial charge in [-0.1, -0.05) is 30.3 Å². The number of carbonyl (C=O) groups excluding carboxylic acids is 2. The summed E-state index contributed by atoms with van der Waals surface area (Å²) in [5.41, 5.74) is -0.140. The van der Waals surface area contributed by atoms with E-state index in [1.54, 1.807) is 12.1 Å². The van der Waals surface area contributed by atoms with Crippen LogP contribution in [0.3, 0.4) is 0 Å². The molecule has 33 heavy (non-hydrogen) atoms. The predicted molar refractivity (Wildman–Crippen MR) is 119 cm³/mol. The number of hydrogen-bond acceptors (Lipinski definition) is 6. The van der Waals surface area contributed by atoms with Crippen molar-refractivity contribution in [1.29, 1.82) is 0 Å². The Balaban J connectivity index is 1.44. The van der Waals surface area contributed by atoms with E-state index in [1.165, 1.54) is 12.1 Å². The van der Waals surface area contributed by atoms with Crippen LogP contribution in [0, 0.1) is 0 Å². The molecule has 0 unspecified atom stereocenters. The summed E-state index contributed by atoms with van der Waals surface area (Å²) in [5.74, 6) is -0.262. The molecule has 0 atom stereocenters. The second kappa shape index (κ2) is 9.89. The molecule has 0 aromatic heterocycles. The number of likely N-dealkylation sites (N-methyl/N-ethyl adjacent to an activating group) is 1. The van der Waals surface area contributed by atoms with Gasteiger partial charge < -0.3 is 14.8 Å². The number of nitrogens with one attached hydrogen (secondary N) is 1. The summed E-state index contributed by atoms with van der Waals surface area (Å²) in [4.78, 5) is 30.4. The average Bonchev–Trinajstić information content (AvgIpc) is 3.65. The first-order valence-corrected chi connectivity index (χ1v) is 11.2. The molecule has 7 nitrogen and oxygen atoms in total. The maximum Gasteiger partial charge on any atom is 0.379 e. The number of carbonyl (C=O) groups is 2. The molecule has 0 bridgehead atoms. The number of hydrogen-bond donors (Lipinski definition) is 1. The first-order valence-electron chi connectivity index (χ1n) is 11.2. The third-order valence-corrected chi connectivity index (χ3v) is 6.76. The molecule has 2 aromatic carbocycles. The van der Waals surface area contributed by atoms with Gasteiger partial charge in [0.05, 0.1) is 11.1 Å². The van der Waals surface area contributed by atoms with E-state index in [1.807, 2.05) is 37.4 Å². The average molecular weight is 457 g/mol. The number of halogens is 1. The number of amides is 1. The van der Waals surface area contributed by atoms with Crippen molar-refractivity contribution >= 4 is 11.9 Å². The van der Waals surface area contributed by atoms with E-state index in [-0.39, 0.29) is 11.5 Å². The SMILES string of the molecule is CN(CCOc1ccccc1)C1(C(=O)NC2(c3ccc(C(=O)OF)cc3)CC2)CCOCC1. The van der Waals surface area contributed by atoms with Crippen LogP contribution in [0.2, 0.25) is 0 Å². The van der Waals surface area contributed by atoms with Crippen LogP contribution in [0.25, 0.3) is 0 Å². The Hall–Kier alpha value is -2.97. The fraction of sp³-hybridized carbons (Fsp3) is 0.440. The molecule has 1 heterocycles. The molecular formula is C25H29FN2O5. The number of nitrogens with zero attached hydrogens (tertiary/aromatic N) is 1. The molecule has 8 heteroatoms. The predicted octanol–water partition coefficient (Wildman–Crippen LogP) is 3.39. The number of ether oxygens (including phenoxy) is 2. The van der Waals surface area contributed by atoms with Crippen LogP contribution < -0.4 is 10.1 Å². The molecule has 2 aliphatic rings. The molecule has 176 valence electrons. The van der Waals surface area contributed by atoms with Crippen LogP contribution in [-0.2, 0) is 20.0 Å². The second-order valence-corrected chi connectivity index (χ2v) is 8.71. The Bertz CT molecular complexity index is 957. The molecule has 0 radical (unpaired) electrons. The van der Waals surface area contributed by atoms with Crippen LogP contribution in [0.5, 0.6) is 5.75 Å². The Kier molecular flexibility index (Phi) is 6.95. The van der Waals surface area contributed by atoms with Gasteiger partial charge >= 0.3 is 5.97 Å². The Morgan fingerprint density at radius 1 is 1.03 bits per heavy atom. The van der Waals surface area contributed by atoms with Crippen molar-refractivity contribution in [2.45, 2.75) is 36.8 Å². The summed E-state index contributed by atoms with van der Waals surface area (Å²) in [6.07, 6.45) is 2.80. The summed E-state index contributed by atoms with van der Waals surface area (Å²) in [7, 11) is 1.95. The van der Waals surface area contributed by atoms with Gasteiger partial charge in [-0.3, -0.25) is 9.69 Å². The molecule has 1 saturated carbocycles. The lowest BCUT2D eigenvalue weighted by Gasteiger charge is -2.43. The molecule has 2 aromatic rings. The minimum Gasteiger partial charge on any atom is -0.492 e. The molecule has 2 fully saturated rings. The normalized spacial score (nSPS) is 18.4. The van der Waals surface area contributed by atoms with Crippen molar-refractivity contribution < 1.29 is 28.5 Å². The van der Waals surface area contributed by atoms with Crippen molar-refractivity contribution in [2.75, 3.05) is 33.4 Å². The lowest BCUT2D eigenvalue weighted by molar-refractivity contribution is -0.140. The Labute approximate surface area is 192 Å². The van der Waals surface area contributed by atoms with Gasteiger partial charge in [0.2, 0.25) is 5.91 Å². The second-order valence-electron chi connectivity index (χ2n) is 8.71. The van der Waals surface area contributed by atoms with Gasteiger partial charge in [0.1, 0.15) is 17.9 Å². The fourth-order valence-corrected chi connectivity index (χ4v) is 4.44. The van der Waals surface area contributed by atoms with E-state index in [4.69, 9.17) is 9.47 Å². The van der Waals surface area contributed by atoms with E-state index in [9.17, 15) is 14.1 Å². The number of para-hydroxylation sites is 1. The van der Waals surface area contributed by atoms with Crippen LogP contribution in [0.1, 0.15) is 41.6 Å². The van der Waals surface area contributed by atoms with Crippen molar-refractivity contribution in [1.82, 2.24) is 10.2 Å². The minimum absolute atomic E-state index is 0.0299. The first-order chi connectivity index (χ1) is 16.0. The summed E-state index contributed by atoms with van der Waals surface area (Å²) in [5, 5.41) is 3.28. The van der Waals surface area contributed by atoms with Gasteiger partial charge in [0.25, 0.3) is 0 Å². The monoisotopic (exact) mass is 456 g/mol. The van der Waals surface area contributed by atoms with Gasteiger partial charge in [-0.05, 0) is 62.6 Å². The molecule has 0 spiro atoms. The summed E-state index contributed by atoms with van der Waals surface area (Å²) in [6.45, 7) is 2.09. The molecule has 4 rings (SSSR count). The highest BCUT2D eigenvalue weighted by atomic mass is 19.3. The van der Waals surface area contributed by atoms with Crippen LogP contribution >= 0.6 is 0 Å². The van der Waals surface area contributed by atoms with Crippen molar-refractivity contribution in [2.24, 2.45) is 0 Å². The molecule has 1 saturated heterocycles. The van der Waals surface area contributed by atoms with Gasteiger partial charge in [-0.25, -0.2) is 9.74 Å². The standard InChI is InChI=1S/C25H29FN2O5/c1-28(15-18-32-21-5-3-2-4-6-21)25(13-16-31-17-14-25)23(30)27-24(11-12-24)20-9-7-19(8-10-20)22(29)33-26/h2-10H,11-18H2,1H3,(H,27,30). The molecule has 1 aliphatic heterocycles. The lowest BCUT2D eigenvalue weighted by Crippen LogP contribution is -2.62. The highest BCUT2D eigenvalue weighted by molar-refractivity contribution is 5.89. The Morgan fingerprint density at radius 3 is 2.30 bits per heavy atom. The van der Waals surface area contributed by atoms with Crippen LogP contribution in [-0.4, -0.2) is 55.7 Å². The zero-order valence-electron chi connectivity index (χ0n) is 18.7. The molecule has 1 aliphatic carbocycles. The van der Waals surface area contributed by atoms with Crippen molar-refractivity contribution in [3.63, 3.8) is 0 Å². The summed E-state index contributed by atoms with van der Waals surface area (Å²) in [6, 6.07) is 16.1. The largest absolute Gasteiger partial charge is 0.492 e. The molecule has 1 N–H and O–H groups in total. The fourth-order valence-electron chi connectivity index (χ4n) is 4.44. The van der Waals surface area contributed by atoms with Gasteiger partial charge in [-0.2, -0.15) is 0 Å². The molecule has 1 amide bonds. The van der Waals surface area contributed by atoms with Gasteiger partial charge in [0.15, 0.2) is 0 Å². The lowest BCUT2D eigenvalue weighted by atomic mass is 9.86. The van der Waals surface area contributed by atoms with E-state index >= 15 is 0 Å². The summed E-state index contributed by atoms with van der Waals surface area (Å²) < 4.78 is 23.6. The zero-order chi connectivity index (χ0) is 23.3. The van der Waals surface area contributed by atoms with Gasteiger partial charge in [-0.15, -0.1) is 0 Å². The van der Waals surface area contributed by atoms with Crippen LogP contribution in [0.15, 0.2) is 54.6 Å². The summed E-state index contributed by atoms with van der Waals surface area (Å²) >= 11 is 0. The smallest absolute Gasteiger partial charge is 0.379 e. The van der Waals surface area contributed by atoms with E-state index in [0.717, 1.165) is 24.2 Å². The zero-order valence-corrected chi connectivity index (χ0v) is 18.7. The van der Waals surface area contributed by atoms with Crippen LogP contribution in [0.4, 0.5) is 4.53 Å². The number of benzene rings is 2. The first kappa shape index (κ1) is 23.2. The van der Waals surface area contributed by atoms with E-state index < -0.39 is 17.0 Å². The number of rotatable bonds is 9. The molecular weight excluding hydrogens is 427 g/mol. The quantitative estimate of drug-likeness (QED) is 0.623. The topological polar surface area (TPSA) is 77.1 Å². The third kappa shape index (κ3) is 5.02. The van der Waals surface area contributed by atoms with E-state index in [0.29, 0.717) is 39.2 Å². The Morgan fingerprint density at radius 2 is 1.70 bits per heavy atom. The maximum atomic E-state index is 13.7. The van der Waals surface area contributed by atoms with Crippen molar-refractivity contribution in [3.8, 4) is 5.75 Å². The maximum absolute atomic E-state index is 13.7. The third-order valence-electron chi connectivity index (χ3n) is 6.76. The highest BCUT2D eigenvalue weighted by Crippen LogP contribution is 2.46. The highest BCUT2D eigenvalue weighted by Gasteiger charge is 2.51.